The first kappa shape index (κ1) is 13.0. The van der Waals surface area contributed by atoms with Gasteiger partial charge in [-0.1, -0.05) is 25.7 Å². The summed E-state index contributed by atoms with van der Waals surface area (Å²) in [7, 11) is 1.62. The first-order valence-corrected chi connectivity index (χ1v) is 6.49. The zero-order valence-electron chi connectivity index (χ0n) is 10.8. The summed E-state index contributed by atoms with van der Waals surface area (Å²) in [4.78, 5) is 16.7. The lowest BCUT2D eigenvalue weighted by molar-refractivity contribution is -0.00688. The number of pyridine rings is 1. The van der Waals surface area contributed by atoms with Crippen LogP contribution in [0.3, 0.4) is 0 Å². The van der Waals surface area contributed by atoms with Crippen LogP contribution in [-0.2, 0) is 4.74 Å². The molecule has 1 aromatic rings. The van der Waals surface area contributed by atoms with Crippen molar-refractivity contribution < 1.29 is 9.53 Å². The van der Waals surface area contributed by atoms with E-state index in [4.69, 9.17) is 10.5 Å². The molecule has 0 aromatic carbocycles. The smallest absolute Gasteiger partial charge is 0.198 e. The molecular formula is C14H20N2O2. The van der Waals surface area contributed by atoms with Gasteiger partial charge in [0.1, 0.15) is 5.60 Å². The number of ether oxygens (including phenoxy) is 1. The van der Waals surface area contributed by atoms with Crippen LogP contribution in [0.4, 0.5) is 5.69 Å². The summed E-state index contributed by atoms with van der Waals surface area (Å²) in [6.45, 7) is 0. The Hall–Kier alpha value is -1.42. The highest BCUT2D eigenvalue weighted by Gasteiger charge is 2.39. The van der Waals surface area contributed by atoms with Gasteiger partial charge >= 0.3 is 0 Å². The Morgan fingerprint density at radius 3 is 2.56 bits per heavy atom. The highest BCUT2D eigenvalue weighted by atomic mass is 16.5. The maximum Gasteiger partial charge on any atom is 0.198 e. The van der Waals surface area contributed by atoms with E-state index in [2.05, 4.69) is 4.98 Å². The molecule has 1 fully saturated rings. The fourth-order valence-electron chi connectivity index (χ4n) is 2.66. The van der Waals surface area contributed by atoms with E-state index in [-0.39, 0.29) is 5.78 Å². The van der Waals surface area contributed by atoms with Gasteiger partial charge in [-0.15, -0.1) is 0 Å². The number of Topliss-reactive ketones (excluding diaryl/α,β-unsaturated/α-hetero) is 1. The number of anilines is 1. The van der Waals surface area contributed by atoms with Gasteiger partial charge in [0, 0.05) is 25.2 Å². The molecule has 0 unspecified atom stereocenters. The summed E-state index contributed by atoms with van der Waals surface area (Å²) in [6.07, 6.45) is 9.08. The molecule has 2 rings (SSSR count). The normalized spacial score (nSPS) is 19.2. The lowest BCUT2D eigenvalue weighted by atomic mass is 9.86. The van der Waals surface area contributed by atoms with Crippen molar-refractivity contribution in [2.75, 3.05) is 12.8 Å². The van der Waals surface area contributed by atoms with E-state index in [1.807, 2.05) is 0 Å². The molecule has 0 saturated heterocycles. The van der Waals surface area contributed by atoms with Gasteiger partial charge in [0.25, 0.3) is 0 Å². The molecule has 0 radical (unpaired) electrons. The van der Waals surface area contributed by atoms with Crippen LogP contribution in [0.1, 0.15) is 48.9 Å². The van der Waals surface area contributed by atoms with Gasteiger partial charge in [-0.3, -0.25) is 9.78 Å². The van der Waals surface area contributed by atoms with Crippen LogP contribution in [0.25, 0.3) is 0 Å². The van der Waals surface area contributed by atoms with Crippen molar-refractivity contribution in [3.8, 4) is 0 Å². The summed E-state index contributed by atoms with van der Waals surface area (Å²) < 4.78 is 5.60. The summed E-state index contributed by atoms with van der Waals surface area (Å²) in [6, 6.07) is 1.66. The number of ketones is 1. The monoisotopic (exact) mass is 248 g/mol. The third-order valence-corrected chi connectivity index (χ3v) is 3.82. The first-order valence-electron chi connectivity index (χ1n) is 6.49. The maximum absolute atomic E-state index is 12.7. The number of hydrogen-bond donors (Lipinski definition) is 1. The molecule has 4 nitrogen and oxygen atoms in total. The van der Waals surface area contributed by atoms with E-state index in [1.165, 1.54) is 12.8 Å². The van der Waals surface area contributed by atoms with Gasteiger partial charge in [-0.2, -0.15) is 0 Å². The zero-order valence-corrected chi connectivity index (χ0v) is 10.8. The van der Waals surface area contributed by atoms with E-state index in [1.54, 1.807) is 25.6 Å². The number of nitrogen functional groups attached to an aromatic ring is 1. The van der Waals surface area contributed by atoms with Crippen LogP contribution >= 0.6 is 0 Å². The second-order valence-electron chi connectivity index (χ2n) is 4.90. The molecule has 1 aromatic heterocycles. The summed E-state index contributed by atoms with van der Waals surface area (Å²) in [5, 5.41) is 0. The Morgan fingerprint density at radius 2 is 2.00 bits per heavy atom. The molecule has 0 spiro atoms. The van der Waals surface area contributed by atoms with Crippen molar-refractivity contribution in [1.29, 1.82) is 0 Å². The molecule has 2 N–H and O–H groups in total. The minimum Gasteiger partial charge on any atom is -0.398 e. The van der Waals surface area contributed by atoms with Crippen molar-refractivity contribution in [1.82, 2.24) is 4.98 Å². The number of rotatable bonds is 3. The number of carbonyl (C=O) groups is 1. The van der Waals surface area contributed by atoms with Crippen molar-refractivity contribution in [3.05, 3.63) is 24.0 Å². The largest absolute Gasteiger partial charge is 0.398 e. The fourth-order valence-corrected chi connectivity index (χ4v) is 2.66. The molecule has 4 heteroatoms. The number of aromatic nitrogens is 1. The number of carbonyl (C=O) groups excluding carboxylic acids is 1. The van der Waals surface area contributed by atoms with Gasteiger partial charge in [-0.05, 0) is 18.9 Å². The second kappa shape index (κ2) is 5.48. The van der Waals surface area contributed by atoms with Gasteiger partial charge in [0.2, 0.25) is 0 Å². The predicted molar refractivity (Wildman–Crippen MR) is 70.4 cm³/mol. The molecule has 0 amide bonds. The van der Waals surface area contributed by atoms with Gasteiger partial charge < -0.3 is 10.5 Å². The van der Waals surface area contributed by atoms with Crippen molar-refractivity contribution in [2.24, 2.45) is 0 Å². The first-order chi connectivity index (χ1) is 8.69. The molecule has 98 valence electrons. The van der Waals surface area contributed by atoms with Crippen LogP contribution in [0.15, 0.2) is 18.5 Å². The van der Waals surface area contributed by atoms with E-state index in [0.717, 1.165) is 25.7 Å². The van der Waals surface area contributed by atoms with Crippen LogP contribution in [-0.4, -0.2) is 23.5 Å². The van der Waals surface area contributed by atoms with E-state index in [9.17, 15) is 4.79 Å². The predicted octanol–water partition coefficient (Wildman–Crippen LogP) is 2.59. The summed E-state index contributed by atoms with van der Waals surface area (Å²) in [5.41, 5.74) is 6.13. The average molecular weight is 248 g/mol. The van der Waals surface area contributed by atoms with Crippen molar-refractivity contribution >= 4 is 11.5 Å². The van der Waals surface area contributed by atoms with E-state index in [0.29, 0.717) is 11.3 Å². The van der Waals surface area contributed by atoms with Gasteiger partial charge in [0.05, 0.1) is 5.56 Å². The zero-order chi connectivity index (χ0) is 13.0. The molecule has 0 atom stereocenters. The lowest BCUT2D eigenvalue weighted by Crippen LogP contribution is -2.40. The van der Waals surface area contributed by atoms with E-state index >= 15 is 0 Å². The maximum atomic E-state index is 12.7. The highest BCUT2D eigenvalue weighted by Crippen LogP contribution is 2.34. The Balaban J connectivity index is 2.32. The minimum atomic E-state index is -0.701. The Morgan fingerprint density at radius 1 is 1.33 bits per heavy atom. The van der Waals surface area contributed by atoms with E-state index < -0.39 is 5.60 Å². The number of nitrogens with zero attached hydrogens (tertiary/aromatic N) is 1. The fraction of sp³-hybridized carbons (Fsp3) is 0.571. The number of methoxy groups -OCH3 is 1. The lowest BCUT2D eigenvalue weighted by Gasteiger charge is -2.30. The number of hydrogen-bond acceptors (Lipinski definition) is 4. The molecule has 0 aliphatic heterocycles. The Labute approximate surface area is 108 Å². The van der Waals surface area contributed by atoms with Gasteiger partial charge in [0.15, 0.2) is 5.78 Å². The molecule has 0 bridgehead atoms. The standard InChI is InChI=1S/C14H20N2O2/c1-18-14(7-4-2-3-5-8-14)13(17)11-10-16-9-6-12(11)15/h6,9-10H,2-5,7-8H2,1H3,(H2,15,16). The molecule has 1 saturated carbocycles. The molecular weight excluding hydrogens is 228 g/mol. The second-order valence-corrected chi connectivity index (χ2v) is 4.90. The van der Waals surface area contributed by atoms with Crippen LogP contribution in [0.2, 0.25) is 0 Å². The van der Waals surface area contributed by atoms with Crippen molar-refractivity contribution in [2.45, 2.75) is 44.1 Å². The van der Waals surface area contributed by atoms with Crippen LogP contribution < -0.4 is 5.73 Å². The molecule has 1 aliphatic rings. The minimum absolute atomic E-state index is 0.0162. The highest BCUT2D eigenvalue weighted by molar-refractivity contribution is 6.06. The summed E-state index contributed by atoms with van der Waals surface area (Å²) in [5.74, 6) is -0.0162. The SMILES string of the molecule is COC1(C(=O)c2cnccc2N)CCCCCC1. The van der Waals surface area contributed by atoms with Crippen LogP contribution in [0, 0.1) is 0 Å². The quantitative estimate of drug-likeness (QED) is 0.659. The third-order valence-electron chi connectivity index (χ3n) is 3.82. The third kappa shape index (κ3) is 2.38. The average Bonchev–Trinajstić information content (AvgIpc) is 2.65. The van der Waals surface area contributed by atoms with Gasteiger partial charge in [-0.25, -0.2) is 0 Å². The molecule has 18 heavy (non-hydrogen) atoms. The molecule has 1 heterocycles. The van der Waals surface area contributed by atoms with Crippen LogP contribution in [0.5, 0.6) is 0 Å². The molecule has 1 aliphatic carbocycles. The summed E-state index contributed by atoms with van der Waals surface area (Å²) >= 11 is 0. The van der Waals surface area contributed by atoms with Crippen molar-refractivity contribution in [3.63, 3.8) is 0 Å². The Kier molecular flexibility index (Phi) is 3.97. The number of nitrogens with two attached hydrogens (primary N) is 1. The Bertz CT molecular complexity index is 424. The topological polar surface area (TPSA) is 65.2 Å².